The van der Waals surface area contributed by atoms with Crippen molar-refractivity contribution in [2.24, 2.45) is 0 Å². The van der Waals surface area contributed by atoms with Crippen LogP contribution in [0.1, 0.15) is 15.9 Å². The van der Waals surface area contributed by atoms with E-state index in [0.29, 0.717) is 16.8 Å². The van der Waals surface area contributed by atoms with Crippen molar-refractivity contribution in [1.82, 2.24) is 15.1 Å². The monoisotopic (exact) mass is 375 g/mol. The Balaban J connectivity index is 1.67. The van der Waals surface area contributed by atoms with Crippen molar-refractivity contribution >= 4 is 5.91 Å². The molecule has 2 aromatic carbocycles. The summed E-state index contributed by atoms with van der Waals surface area (Å²) in [4.78, 5) is 12.5. The highest BCUT2D eigenvalue weighted by molar-refractivity contribution is 5.97. The van der Waals surface area contributed by atoms with Crippen molar-refractivity contribution < 1.29 is 22.7 Å². The number of ether oxygens (including phenoxy) is 1. The van der Waals surface area contributed by atoms with Crippen molar-refractivity contribution in [3.63, 3.8) is 0 Å². The second-order valence-electron chi connectivity index (χ2n) is 5.70. The van der Waals surface area contributed by atoms with Gasteiger partial charge in [-0.25, -0.2) is 4.68 Å². The Morgan fingerprint density at radius 1 is 1.11 bits per heavy atom. The number of hydrogen-bond donors (Lipinski definition) is 1. The third-order valence-electron chi connectivity index (χ3n) is 3.65. The molecule has 5 nitrogen and oxygen atoms in total. The van der Waals surface area contributed by atoms with Crippen molar-refractivity contribution in [3.05, 3.63) is 78.1 Å². The Morgan fingerprint density at radius 2 is 1.93 bits per heavy atom. The quantitative estimate of drug-likeness (QED) is 0.714. The molecule has 0 atom stereocenters. The molecular weight excluding hydrogens is 359 g/mol. The van der Waals surface area contributed by atoms with Crippen LogP contribution in [0.2, 0.25) is 0 Å². The van der Waals surface area contributed by atoms with Gasteiger partial charge >= 0.3 is 6.18 Å². The normalized spacial score (nSPS) is 11.2. The third-order valence-corrected chi connectivity index (χ3v) is 3.65. The lowest BCUT2D eigenvalue weighted by Crippen LogP contribution is -2.24. The molecule has 3 rings (SSSR count). The standard InChI is InChI=1S/C19H16F3N3O2/c20-19(21,22)13-27-15-6-3-5-14(11-15)12-23-18(26)16-7-1-2-8-17(16)25-10-4-9-24-25/h1-11H,12-13H2,(H,23,26). The number of para-hydroxylation sites is 1. The average molecular weight is 375 g/mol. The summed E-state index contributed by atoms with van der Waals surface area (Å²) in [5, 5.41) is 6.89. The largest absolute Gasteiger partial charge is 0.484 e. The lowest BCUT2D eigenvalue weighted by Gasteiger charge is -2.12. The molecule has 0 spiro atoms. The molecule has 0 aliphatic carbocycles. The Labute approximate surface area is 153 Å². The summed E-state index contributed by atoms with van der Waals surface area (Å²) in [5.41, 5.74) is 1.69. The molecule has 0 saturated carbocycles. The summed E-state index contributed by atoms with van der Waals surface area (Å²) in [7, 11) is 0. The van der Waals surface area contributed by atoms with E-state index in [0.717, 1.165) is 0 Å². The molecule has 3 aromatic rings. The summed E-state index contributed by atoms with van der Waals surface area (Å²) >= 11 is 0. The maximum absolute atomic E-state index is 12.5. The molecule has 0 aliphatic rings. The van der Waals surface area contributed by atoms with Gasteiger partial charge in [-0.1, -0.05) is 24.3 Å². The van der Waals surface area contributed by atoms with Gasteiger partial charge in [0.05, 0.1) is 11.3 Å². The zero-order valence-corrected chi connectivity index (χ0v) is 14.1. The molecule has 1 aromatic heterocycles. The van der Waals surface area contributed by atoms with Crippen LogP contribution in [0.15, 0.2) is 67.0 Å². The zero-order valence-electron chi connectivity index (χ0n) is 14.1. The van der Waals surface area contributed by atoms with Crippen molar-refractivity contribution in [2.75, 3.05) is 6.61 Å². The zero-order chi connectivity index (χ0) is 19.3. The van der Waals surface area contributed by atoms with Gasteiger partial charge in [0.2, 0.25) is 0 Å². The highest BCUT2D eigenvalue weighted by atomic mass is 19.4. The van der Waals surface area contributed by atoms with Gasteiger partial charge in [0.1, 0.15) is 5.75 Å². The number of nitrogens with one attached hydrogen (secondary N) is 1. The Morgan fingerprint density at radius 3 is 2.67 bits per heavy atom. The second-order valence-corrected chi connectivity index (χ2v) is 5.70. The number of carbonyl (C=O) groups is 1. The van der Waals surface area contributed by atoms with Crippen molar-refractivity contribution in [1.29, 1.82) is 0 Å². The van der Waals surface area contributed by atoms with Crippen molar-refractivity contribution in [3.8, 4) is 11.4 Å². The van der Waals surface area contributed by atoms with Crippen LogP contribution in [0.5, 0.6) is 5.75 Å². The lowest BCUT2D eigenvalue weighted by atomic mass is 10.1. The summed E-state index contributed by atoms with van der Waals surface area (Å²) in [6, 6.07) is 14.9. The number of nitrogens with zero attached hydrogens (tertiary/aromatic N) is 2. The number of hydrogen-bond acceptors (Lipinski definition) is 3. The first kappa shape index (κ1) is 18.5. The first-order chi connectivity index (χ1) is 12.9. The minimum Gasteiger partial charge on any atom is -0.484 e. The van der Waals surface area contributed by atoms with E-state index in [1.165, 1.54) is 12.1 Å². The number of amides is 1. The number of carbonyl (C=O) groups excluding carboxylic acids is 1. The highest BCUT2D eigenvalue weighted by Crippen LogP contribution is 2.19. The van der Waals surface area contributed by atoms with Gasteiger partial charge in [0.15, 0.2) is 6.61 Å². The molecule has 1 heterocycles. The molecule has 27 heavy (non-hydrogen) atoms. The van der Waals surface area contributed by atoms with Crippen LogP contribution in [0.4, 0.5) is 13.2 Å². The first-order valence-corrected chi connectivity index (χ1v) is 8.08. The van der Waals surface area contributed by atoms with Crippen LogP contribution in [-0.4, -0.2) is 28.5 Å². The molecule has 140 valence electrons. The fourth-order valence-electron chi connectivity index (χ4n) is 2.46. The molecular formula is C19H16F3N3O2. The van der Waals surface area contributed by atoms with Gasteiger partial charge < -0.3 is 10.1 Å². The number of halogens is 3. The van der Waals surface area contributed by atoms with Gasteiger partial charge in [-0.2, -0.15) is 18.3 Å². The molecule has 1 amide bonds. The van der Waals surface area contributed by atoms with Crippen LogP contribution >= 0.6 is 0 Å². The van der Waals surface area contributed by atoms with Gasteiger partial charge in [0.25, 0.3) is 5.91 Å². The van der Waals surface area contributed by atoms with E-state index in [1.54, 1.807) is 59.5 Å². The van der Waals surface area contributed by atoms with E-state index in [4.69, 9.17) is 4.74 Å². The van der Waals surface area contributed by atoms with Gasteiger partial charge in [-0.3, -0.25) is 4.79 Å². The van der Waals surface area contributed by atoms with Crippen LogP contribution < -0.4 is 10.1 Å². The van der Waals surface area contributed by atoms with Crippen molar-refractivity contribution in [2.45, 2.75) is 12.7 Å². The maximum Gasteiger partial charge on any atom is 0.422 e. The van der Waals surface area contributed by atoms with Gasteiger partial charge in [0, 0.05) is 18.9 Å². The molecule has 0 unspecified atom stereocenters. The molecule has 0 saturated heterocycles. The van der Waals surface area contributed by atoms with E-state index in [1.807, 2.05) is 0 Å². The van der Waals surface area contributed by atoms with E-state index in [2.05, 4.69) is 10.4 Å². The Bertz CT molecular complexity index is 909. The third kappa shape index (κ3) is 5.10. The Hall–Kier alpha value is -3.29. The number of aromatic nitrogens is 2. The number of benzene rings is 2. The van der Waals surface area contributed by atoms with Crippen LogP contribution in [0, 0.1) is 0 Å². The minimum atomic E-state index is -4.40. The fourth-order valence-corrected chi connectivity index (χ4v) is 2.46. The van der Waals surface area contributed by atoms with E-state index >= 15 is 0 Å². The van der Waals surface area contributed by atoms with Gasteiger partial charge in [-0.05, 0) is 35.9 Å². The molecule has 0 fully saturated rings. The first-order valence-electron chi connectivity index (χ1n) is 8.08. The highest BCUT2D eigenvalue weighted by Gasteiger charge is 2.28. The van der Waals surface area contributed by atoms with E-state index in [9.17, 15) is 18.0 Å². The summed E-state index contributed by atoms with van der Waals surface area (Å²) in [6.45, 7) is -1.21. The summed E-state index contributed by atoms with van der Waals surface area (Å²) in [5.74, 6) is -0.223. The summed E-state index contributed by atoms with van der Waals surface area (Å²) in [6.07, 6.45) is -1.06. The van der Waals surface area contributed by atoms with Crippen LogP contribution in [0.25, 0.3) is 5.69 Å². The smallest absolute Gasteiger partial charge is 0.422 e. The molecule has 8 heteroatoms. The van der Waals surface area contributed by atoms with Crippen LogP contribution in [0.3, 0.4) is 0 Å². The van der Waals surface area contributed by atoms with Crippen LogP contribution in [-0.2, 0) is 6.54 Å². The maximum atomic E-state index is 12.5. The predicted octanol–water partition coefficient (Wildman–Crippen LogP) is 3.74. The lowest BCUT2D eigenvalue weighted by molar-refractivity contribution is -0.153. The Kier molecular flexibility index (Phi) is 5.44. The molecule has 1 N–H and O–H groups in total. The van der Waals surface area contributed by atoms with Gasteiger partial charge in [-0.15, -0.1) is 0 Å². The SMILES string of the molecule is O=C(NCc1cccc(OCC(F)(F)F)c1)c1ccccc1-n1cccn1. The number of rotatable bonds is 6. The topological polar surface area (TPSA) is 56.1 Å². The molecule has 0 aliphatic heterocycles. The minimum absolute atomic E-state index is 0.0935. The number of alkyl halides is 3. The average Bonchev–Trinajstić information content (AvgIpc) is 3.19. The summed E-state index contributed by atoms with van der Waals surface area (Å²) < 4.78 is 43.1. The molecule has 0 bridgehead atoms. The second kappa shape index (κ2) is 7.94. The molecule has 0 radical (unpaired) electrons. The fraction of sp³-hybridized carbons (Fsp3) is 0.158. The predicted molar refractivity (Wildman–Crippen MR) is 92.7 cm³/mol. The van der Waals surface area contributed by atoms with E-state index < -0.39 is 12.8 Å². The van der Waals surface area contributed by atoms with E-state index in [-0.39, 0.29) is 18.2 Å².